The Kier molecular flexibility index (Phi) is 3.89. The normalized spacial score (nSPS) is 11.1. The first kappa shape index (κ1) is 12.2. The summed E-state index contributed by atoms with van der Waals surface area (Å²) < 4.78 is 0. The van der Waals surface area contributed by atoms with E-state index in [4.69, 9.17) is 0 Å². The van der Waals surface area contributed by atoms with Crippen LogP contribution in [-0.2, 0) is 6.54 Å². The van der Waals surface area contributed by atoms with E-state index in [1.807, 2.05) is 25.3 Å². The van der Waals surface area contributed by atoms with Crippen LogP contribution in [0.15, 0.2) is 30.5 Å². The van der Waals surface area contributed by atoms with Gasteiger partial charge in [-0.05, 0) is 12.5 Å². The summed E-state index contributed by atoms with van der Waals surface area (Å²) in [5.74, 6) is 0. The summed E-state index contributed by atoms with van der Waals surface area (Å²) in [7, 11) is 3.96. The van der Waals surface area contributed by atoms with Crippen LogP contribution in [0.2, 0.25) is 0 Å². The third-order valence-electron chi connectivity index (χ3n) is 2.40. The van der Waals surface area contributed by atoms with Gasteiger partial charge in [-0.3, -0.25) is 5.01 Å². The van der Waals surface area contributed by atoms with Crippen molar-refractivity contribution in [1.29, 1.82) is 0 Å². The Morgan fingerprint density at radius 1 is 1.35 bits per heavy atom. The Morgan fingerprint density at radius 2 is 2.18 bits per heavy atom. The minimum Gasteiger partial charge on any atom is -0.250 e. The summed E-state index contributed by atoms with van der Waals surface area (Å²) in [5, 5.41) is 3.04. The number of nitrogens with zero attached hydrogens (tertiary/aromatic N) is 2. The van der Waals surface area contributed by atoms with Gasteiger partial charge in [0, 0.05) is 20.3 Å². The molecule has 1 aromatic heterocycles. The summed E-state index contributed by atoms with van der Waals surface area (Å²) in [4.78, 5) is 5.65. The number of rotatable bonds is 4. The third-order valence-corrected chi connectivity index (χ3v) is 3.45. The van der Waals surface area contributed by atoms with Gasteiger partial charge in [0.2, 0.25) is 0 Å². The van der Waals surface area contributed by atoms with Crippen molar-refractivity contribution < 1.29 is 0 Å². The van der Waals surface area contributed by atoms with Gasteiger partial charge in [-0.15, -0.1) is 11.3 Å². The molecule has 1 aromatic carbocycles. The van der Waals surface area contributed by atoms with Crippen LogP contribution in [-0.4, -0.2) is 24.1 Å². The van der Waals surface area contributed by atoms with E-state index in [9.17, 15) is 0 Å². The maximum absolute atomic E-state index is 4.42. The average molecular weight is 247 g/mol. The summed E-state index contributed by atoms with van der Waals surface area (Å²) in [6.45, 7) is 2.89. The molecule has 3 nitrogen and oxygen atoms in total. The minimum absolute atomic E-state index is 0.781. The van der Waals surface area contributed by atoms with Crippen LogP contribution in [0.5, 0.6) is 0 Å². The molecule has 0 saturated heterocycles. The molecular weight excluding hydrogens is 230 g/mol. The highest BCUT2D eigenvalue weighted by atomic mass is 32.1. The topological polar surface area (TPSA) is 28.2 Å². The second kappa shape index (κ2) is 5.40. The first-order valence-electron chi connectivity index (χ1n) is 5.58. The molecule has 0 unspecified atom stereocenters. The predicted molar refractivity (Wildman–Crippen MR) is 72.8 cm³/mol. The van der Waals surface area contributed by atoms with E-state index in [0.717, 1.165) is 11.6 Å². The molecule has 1 N–H and O–H groups in total. The molecule has 0 bridgehead atoms. The number of hydrazine groups is 1. The van der Waals surface area contributed by atoms with Crippen molar-refractivity contribution in [3.8, 4) is 10.4 Å². The van der Waals surface area contributed by atoms with Crippen molar-refractivity contribution in [2.24, 2.45) is 0 Å². The molecule has 0 fully saturated rings. The van der Waals surface area contributed by atoms with Crippen LogP contribution in [0.25, 0.3) is 10.4 Å². The van der Waals surface area contributed by atoms with Crippen LogP contribution in [0, 0.1) is 6.92 Å². The van der Waals surface area contributed by atoms with Crippen LogP contribution in [0.3, 0.4) is 0 Å². The third kappa shape index (κ3) is 3.36. The fourth-order valence-electron chi connectivity index (χ4n) is 1.55. The van der Waals surface area contributed by atoms with Crippen LogP contribution < -0.4 is 5.43 Å². The number of aryl methyl sites for hydroxylation is 1. The smallest absolute Gasteiger partial charge is 0.108 e. The van der Waals surface area contributed by atoms with E-state index in [2.05, 4.69) is 41.6 Å². The fourth-order valence-corrected chi connectivity index (χ4v) is 2.40. The van der Waals surface area contributed by atoms with Crippen LogP contribution in [0.1, 0.15) is 10.6 Å². The number of aromatic nitrogens is 1. The maximum Gasteiger partial charge on any atom is 0.108 e. The fraction of sp³-hybridized carbons (Fsp3) is 0.308. The Labute approximate surface area is 106 Å². The highest BCUT2D eigenvalue weighted by Gasteiger charge is 2.04. The summed E-state index contributed by atoms with van der Waals surface area (Å²) in [6.07, 6.45) is 1.95. The Hall–Kier alpha value is -1.23. The van der Waals surface area contributed by atoms with E-state index in [1.165, 1.54) is 16.0 Å². The zero-order valence-corrected chi connectivity index (χ0v) is 11.2. The zero-order chi connectivity index (χ0) is 12.3. The van der Waals surface area contributed by atoms with Gasteiger partial charge in [0.1, 0.15) is 5.01 Å². The van der Waals surface area contributed by atoms with E-state index in [1.54, 1.807) is 11.3 Å². The molecule has 90 valence electrons. The largest absolute Gasteiger partial charge is 0.250 e. The Balaban J connectivity index is 2.12. The molecule has 0 aliphatic carbocycles. The monoisotopic (exact) mass is 247 g/mol. The zero-order valence-electron chi connectivity index (χ0n) is 10.4. The first-order chi connectivity index (χ1) is 8.15. The van der Waals surface area contributed by atoms with Gasteiger partial charge in [0.05, 0.1) is 11.4 Å². The molecule has 0 radical (unpaired) electrons. The lowest BCUT2D eigenvalue weighted by atomic mass is 10.1. The van der Waals surface area contributed by atoms with Gasteiger partial charge in [0.15, 0.2) is 0 Å². The standard InChI is InChI=1S/C13H17N3S/c1-10-5-4-6-11(7-10)12-8-14-13(17-12)9-15-16(2)3/h4-8,15H,9H2,1-3H3. The molecule has 0 aliphatic heterocycles. The molecule has 4 heteroatoms. The lowest BCUT2D eigenvalue weighted by Gasteiger charge is -2.09. The first-order valence-corrected chi connectivity index (χ1v) is 6.39. The number of nitrogens with one attached hydrogen (secondary N) is 1. The molecule has 0 atom stereocenters. The van der Waals surface area contributed by atoms with E-state index in [-0.39, 0.29) is 0 Å². The lowest BCUT2D eigenvalue weighted by Crippen LogP contribution is -2.29. The highest BCUT2D eigenvalue weighted by molar-refractivity contribution is 7.15. The second-order valence-electron chi connectivity index (χ2n) is 4.22. The molecular formula is C13H17N3S. The molecule has 1 heterocycles. The number of thiazole rings is 1. The molecule has 0 amide bonds. The van der Waals surface area contributed by atoms with Gasteiger partial charge >= 0.3 is 0 Å². The van der Waals surface area contributed by atoms with Crippen molar-refractivity contribution in [1.82, 2.24) is 15.4 Å². The van der Waals surface area contributed by atoms with Gasteiger partial charge in [-0.25, -0.2) is 10.4 Å². The predicted octanol–water partition coefficient (Wildman–Crippen LogP) is 2.68. The molecule has 0 aliphatic rings. The molecule has 2 aromatic rings. The van der Waals surface area contributed by atoms with Crippen molar-refractivity contribution in [3.63, 3.8) is 0 Å². The lowest BCUT2D eigenvalue weighted by molar-refractivity contribution is 0.286. The van der Waals surface area contributed by atoms with E-state index < -0.39 is 0 Å². The van der Waals surface area contributed by atoms with Gasteiger partial charge in [-0.1, -0.05) is 29.8 Å². The molecule has 17 heavy (non-hydrogen) atoms. The number of hydrogen-bond donors (Lipinski definition) is 1. The maximum atomic E-state index is 4.42. The second-order valence-corrected chi connectivity index (χ2v) is 5.33. The molecule has 0 spiro atoms. The Bertz CT molecular complexity index is 491. The number of hydrogen-bond acceptors (Lipinski definition) is 4. The van der Waals surface area contributed by atoms with Crippen LogP contribution in [0.4, 0.5) is 0 Å². The van der Waals surface area contributed by atoms with Gasteiger partial charge in [0.25, 0.3) is 0 Å². The summed E-state index contributed by atoms with van der Waals surface area (Å²) in [6, 6.07) is 8.52. The van der Waals surface area contributed by atoms with Crippen molar-refractivity contribution >= 4 is 11.3 Å². The SMILES string of the molecule is Cc1cccc(-c2cnc(CNN(C)C)s2)c1. The van der Waals surface area contributed by atoms with Crippen molar-refractivity contribution in [2.75, 3.05) is 14.1 Å². The summed E-state index contributed by atoms with van der Waals surface area (Å²) >= 11 is 1.74. The van der Waals surface area contributed by atoms with Crippen LogP contribution >= 0.6 is 11.3 Å². The van der Waals surface area contributed by atoms with E-state index >= 15 is 0 Å². The molecule has 0 saturated carbocycles. The highest BCUT2D eigenvalue weighted by Crippen LogP contribution is 2.26. The average Bonchev–Trinajstić information content (AvgIpc) is 2.75. The quantitative estimate of drug-likeness (QED) is 0.842. The van der Waals surface area contributed by atoms with Crippen molar-refractivity contribution in [3.05, 3.63) is 41.0 Å². The number of benzene rings is 1. The molecule has 2 rings (SSSR count). The van der Waals surface area contributed by atoms with E-state index in [0.29, 0.717) is 0 Å². The minimum atomic E-state index is 0.781. The summed E-state index contributed by atoms with van der Waals surface area (Å²) in [5.41, 5.74) is 5.75. The Morgan fingerprint density at radius 3 is 2.88 bits per heavy atom. The van der Waals surface area contributed by atoms with Crippen molar-refractivity contribution in [2.45, 2.75) is 13.5 Å². The van der Waals surface area contributed by atoms with Gasteiger partial charge in [-0.2, -0.15) is 0 Å². The van der Waals surface area contributed by atoms with Gasteiger partial charge < -0.3 is 0 Å².